The van der Waals surface area contributed by atoms with Gasteiger partial charge in [-0.2, -0.15) is 0 Å². The third kappa shape index (κ3) is 1.82. The highest BCUT2D eigenvalue weighted by atomic mass is 16.5. The molecule has 2 heteroatoms. The van der Waals surface area contributed by atoms with Crippen LogP contribution in [0.2, 0.25) is 0 Å². The Morgan fingerprint density at radius 3 is 2.76 bits per heavy atom. The Morgan fingerprint density at radius 1 is 1.24 bits per heavy atom. The van der Waals surface area contributed by atoms with Crippen LogP contribution in [0.15, 0.2) is 12.2 Å². The second-order valence-electron chi connectivity index (χ2n) is 6.29. The van der Waals surface area contributed by atoms with Gasteiger partial charge in [-0.05, 0) is 68.6 Å². The number of fused-ring (bicyclic) bond motifs is 5. The fraction of sp³-hybridized carbons (Fsp3) is 0.800. The fourth-order valence-corrected chi connectivity index (χ4v) is 4.72. The molecule has 94 valence electrons. The number of carbonyl (C=O) groups is 1. The minimum atomic E-state index is -0.211. The first kappa shape index (κ1) is 11.3. The molecule has 0 aromatic carbocycles. The summed E-state index contributed by atoms with van der Waals surface area (Å²) in [5, 5.41) is 0. The van der Waals surface area contributed by atoms with Crippen LogP contribution in [-0.4, -0.2) is 12.6 Å². The number of carbonyl (C=O) groups excluding carboxylic acids is 1. The van der Waals surface area contributed by atoms with Crippen molar-refractivity contribution in [1.82, 2.24) is 0 Å². The van der Waals surface area contributed by atoms with Gasteiger partial charge in [-0.25, -0.2) is 4.79 Å². The SMILES string of the molecule is C=C(C)C(=O)OCC1CCC2C3CCC(C3)C12. The third-order valence-electron chi connectivity index (χ3n) is 5.35. The lowest BCUT2D eigenvalue weighted by atomic mass is 9.78. The molecule has 3 saturated carbocycles. The molecule has 0 spiro atoms. The van der Waals surface area contributed by atoms with Gasteiger partial charge in [-0.15, -0.1) is 0 Å². The molecular formula is C15H22O2. The van der Waals surface area contributed by atoms with Crippen molar-refractivity contribution in [3.05, 3.63) is 12.2 Å². The van der Waals surface area contributed by atoms with Gasteiger partial charge in [0, 0.05) is 5.57 Å². The molecule has 0 N–H and O–H groups in total. The fourth-order valence-electron chi connectivity index (χ4n) is 4.72. The highest BCUT2D eigenvalue weighted by Crippen LogP contribution is 2.60. The van der Waals surface area contributed by atoms with E-state index < -0.39 is 0 Å². The van der Waals surface area contributed by atoms with Gasteiger partial charge in [0.15, 0.2) is 0 Å². The Kier molecular flexibility index (Phi) is 2.76. The molecule has 3 aliphatic carbocycles. The summed E-state index contributed by atoms with van der Waals surface area (Å²) in [6.45, 7) is 5.98. The molecule has 17 heavy (non-hydrogen) atoms. The van der Waals surface area contributed by atoms with Gasteiger partial charge in [0.1, 0.15) is 0 Å². The summed E-state index contributed by atoms with van der Waals surface area (Å²) in [5.41, 5.74) is 0.521. The summed E-state index contributed by atoms with van der Waals surface area (Å²) >= 11 is 0. The van der Waals surface area contributed by atoms with Crippen molar-refractivity contribution in [3.63, 3.8) is 0 Å². The summed E-state index contributed by atoms with van der Waals surface area (Å²) < 4.78 is 5.36. The summed E-state index contributed by atoms with van der Waals surface area (Å²) in [6, 6.07) is 0. The van der Waals surface area contributed by atoms with E-state index in [0.717, 1.165) is 23.7 Å². The predicted molar refractivity (Wildman–Crippen MR) is 66.3 cm³/mol. The van der Waals surface area contributed by atoms with Gasteiger partial charge < -0.3 is 4.74 Å². The summed E-state index contributed by atoms with van der Waals surface area (Å²) in [4.78, 5) is 11.4. The number of esters is 1. The average molecular weight is 234 g/mol. The van der Waals surface area contributed by atoms with Crippen LogP contribution in [0.4, 0.5) is 0 Å². The molecule has 5 unspecified atom stereocenters. The number of hydrogen-bond donors (Lipinski definition) is 0. The molecule has 3 rings (SSSR count). The van der Waals surface area contributed by atoms with E-state index in [1.54, 1.807) is 6.92 Å². The molecule has 5 atom stereocenters. The Morgan fingerprint density at radius 2 is 2.00 bits per heavy atom. The smallest absolute Gasteiger partial charge is 0.333 e. The summed E-state index contributed by atoms with van der Waals surface area (Å²) in [6.07, 6.45) is 6.99. The molecule has 2 bridgehead atoms. The van der Waals surface area contributed by atoms with E-state index >= 15 is 0 Å². The lowest BCUT2D eigenvalue weighted by Gasteiger charge is -2.28. The number of ether oxygens (including phenoxy) is 1. The van der Waals surface area contributed by atoms with Crippen molar-refractivity contribution in [2.75, 3.05) is 6.61 Å². The Labute approximate surface area is 103 Å². The molecule has 2 nitrogen and oxygen atoms in total. The monoisotopic (exact) mass is 234 g/mol. The van der Waals surface area contributed by atoms with Crippen LogP contribution in [0.25, 0.3) is 0 Å². The van der Waals surface area contributed by atoms with Crippen LogP contribution in [0, 0.1) is 29.6 Å². The van der Waals surface area contributed by atoms with Crippen molar-refractivity contribution in [3.8, 4) is 0 Å². The van der Waals surface area contributed by atoms with E-state index in [1.807, 2.05) is 0 Å². The van der Waals surface area contributed by atoms with Crippen molar-refractivity contribution in [2.24, 2.45) is 29.6 Å². The zero-order valence-electron chi connectivity index (χ0n) is 10.7. The van der Waals surface area contributed by atoms with E-state index in [-0.39, 0.29) is 5.97 Å². The second kappa shape index (κ2) is 4.15. The zero-order valence-corrected chi connectivity index (χ0v) is 10.7. The maximum absolute atomic E-state index is 11.4. The highest BCUT2D eigenvalue weighted by Gasteiger charge is 2.53. The molecule has 3 aliphatic rings. The first-order chi connectivity index (χ1) is 8.16. The summed E-state index contributed by atoms with van der Waals surface area (Å²) in [7, 11) is 0. The normalized spacial score (nSPS) is 42.5. The molecule has 0 amide bonds. The maximum atomic E-state index is 11.4. The molecule has 3 fully saturated rings. The van der Waals surface area contributed by atoms with Gasteiger partial charge in [0.2, 0.25) is 0 Å². The molecule has 0 aromatic rings. The van der Waals surface area contributed by atoms with Crippen molar-refractivity contribution in [2.45, 2.75) is 39.0 Å². The van der Waals surface area contributed by atoms with Crippen LogP contribution in [0.5, 0.6) is 0 Å². The molecule has 0 aromatic heterocycles. The van der Waals surface area contributed by atoms with Crippen LogP contribution in [0.1, 0.15) is 39.0 Å². The van der Waals surface area contributed by atoms with Crippen LogP contribution < -0.4 is 0 Å². The Bertz CT molecular complexity index is 347. The van der Waals surface area contributed by atoms with Gasteiger partial charge in [-0.3, -0.25) is 0 Å². The van der Waals surface area contributed by atoms with Crippen molar-refractivity contribution < 1.29 is 9.53 Å². The van der Waals surface area contributed by atoms with Crippen molar-refractivity contribution >= 4 is 5.97 Å². The van der Waals surface area contributed by atoms with Crippen LogP contribution in [-0.2, 0) is 9.53 Å². The molecule has 0 aliphatic heterocycles. The molecule has 0 heterocycles. The minimum Gasteiger partial charge on any atom is -0.462 e. The first-order valence-electron chi connectivity index (χ1n) is 6.99. The topological polar surface area (TPSA) is 26.3 Å². The Hall–Kier alpha value is -0.790. The lowest BCUT2D eigenvalue weighted by molar-refractivity contribution is -0.140. The molecule has 0 saturated heterocycles. The van der Waals surface area contributed by atoms with E-state index in [1.165, 1.54) is 32.1 Å². The largest absolute Gasteiger partial charge is 0.462 e. The predicted octanol–water partition coefficient (Wildman–Crippen LogP) is 3.18. The van der Waals surface area contributed by atoms with E-state index in [4.69, 9.17) is 4.74 Å². The second-order valence-corrected chi connectivity index (χ2v) is 6.29. The quantitative estimate of drug-likeness (QED) is 0.554. The van der Waals surface area contributed by atoms with E-state index in [9.17, 15) is 4.79 Å². The Balaban J connectivity index is 1.59. The van der Waals surface area contributed by atoms with Crippen molar-refractivity contribution in [1.29, 1.82) is 0 Å². The standard InChI is InChI=1S/C15H22O2/c1-9(2)15(16)17-8-12-5-6-13-10-3-4-11(7-10)14(12)13/h10-14H,1,3-8H2,2H3. The number of hydrogen-bond acceptors (Lipinski definition) is 2. The van der Waals surface area contributed by atoms with Crippen LogP contribution >= 0.6 is 0 Å². The lowest BCUT2D eigenvalue weighted by Crippen LogP contribution is -2.25. The van der Waals surface area contributed by atoms with E-state index in [2.05, 4.69) is 6.58 Å². The maximum Gasteiger partial charge on any atom is 0.333 e. The van der Waals surface area contributed by atoms with Gasteiger partial charge in [0.25, 0.3) is 0 Å². The van der Waals surface area contributed by atoms with Gasteiger partial charge in [-0.1, -0.05) is 6.58 Å². The number of rotatable bonds is 3. The third-order valence-corrected chi connectivity index (χ3v) is 5.35. The first-order valence-corrected chi connectivity index (χ1v) is 6.99. The summed E-state index contributed by atoms with van der Waals surface area (Å²) in [5.74, 6) is 4.21. The zero-order chi connectivity index (χ0) is 12.0. The van der Waals surface area contributed by atoms with Gasteiger partial charge in [0.05, 0.1) is 6.61 Å². The van der Waals surface area contributed by atoms with Crippen LogP contribution in [0.3, 0.4) is 0 Å². The molecule has 0 radical (unpaired) electrons. The van der Waals surface area contributed by atoms with E-state index in [0.29, 0.717) is 18.1 Å². The highest BCUT2D eigenvalue weighted by molar-refractivity contribution is 5.86. The average Bonchev–Trinajstić information content (AvgIpc) is 2.98. The van der Waals surface area contributed by atoms with Gasteiger partial charge >= 0.3 is 5.97 Å². The molecular weight excluding hydrogens is 212 g/mol. The minimum absolute atomic E-state index is 0.211.